The molecule has 0 atom stereocenters. The zero-order valence-corrected chi connectivity index (χ0v) is 20.8. The number of carbonyl (C=O) groups excluding carboxylic acids is 1. The van der Waals surface area contributed by atoms with Gasteiger partial charge in [0.05, 0.1) is 13.3 Å². The van der Waals surface area contributed by atoms with Gasteiger partial charge in [-0.05, 0) is 61.7 Å². The number of carbonyl (C=O) groups is 1. The number of piperazine rings is 1. The maximum atomic E-state index is 13.4. The fourth-order valence-electron chi connectivity index (χ4n) is 4.85. The van der Waals surface area contributed by atoms with Gasteiger partial charge in [-0.15, -0.1) is 0 Å². The Bertz CT molecular complexity index is 1370. The van der Waals surface area contributed by atoms with E-state index in [1.165, 1.54) is 11.1 Å². The van der Waals surface area contributed by atoms with E-state index >= 15 is 0 Å². The number of nitrogens with zero attached hydrogens (tertiary/aromatic N) is 5. The number of aryl methyl sites for hydroxylation is 3. The minimum absolute atomic E-state index is 0.00710. The summed E-state index contributed by atoms with van der Waals surface area (Å²) in [7, 11) is 1.67. The molecule has 35 heavy (non-hydrogen) atoms. The molecule has 1 aliphatic rings. The van der Waals surface area contributed by atoms with Crippen molar-refractivity contribution < 1.29 is 9.53 Å². The zero-order chi connectivity index (χ0) is 24.5. The summed E-state index contributed by atoms with van der Waals surface area (Å²) >= 11 is 0. The van der Waals surface area contributed by atoms with Crippen LogP contribution in [-0.2, 0) is 6.42 Å². The lowest BCUT2D eigenvalue weighted by molar-refractivity contribution is 0.0748. The molecule has 1 saturated heterocycles. The van der Waals surface area contributed by atoms with Gasteiger partial charge < -0.3 is 14.5 Å². The molecule has 180 valence electrons. The second-order valence-electron chi connectivity index (χ2n) is 9.14. The van der Waals surface area contributed by atoms with E-state index in [9.17, 15) is 4.79 Å². The lowest BCUT2D eigenvalue weighted by Gasteiger charge is -2.36. The van der Waals surface area contributed by atoms with Crippen molar-refractivity contribution >= 4 is 17.2 Å². The quantitative estimate of drug-likeness (QED) is 0.438. The third-order valence-corrected chi connectivity index (χ3v) is 7.07. The van der Waals surface area contributed by atoms with E-state index in [1.807, 2.05) is 28.5 Å². The van der Waals surface area contributed by atoms with Gasteiger partial charge in [-0.3, -0.25) is 4.79 Å². The monoisotopic (exact) mass is 469 g/mol. The van der Waals surface area contributed by atoms with E-state index in [0.29, 0.717) is 24.3 Å². The number of ether oxygens (including phenoxy) is 1. The Morgan fingerprint density at radius 2 is 1.69 bits per heavy atom. The van der Waals surface area contributed by atoms with Crippen molar-refractivity contribution in [1.29, 1.82) is 0 Å². The molecule has 0 unspecified atom stereocenters. The second kappa shape index (κ2) is 9.41. The molecule has 2 aromatic carbocycles. The molecule has 7 nitrogen and oxygen atoms in total. The molecular formula is C28H31N5O2. The first-order chi connectivity index (χ1) is 17.0. The standard InChI is InChI=1S/C28H31N5O2/c1-19-7-5-6-8-22(19)17-25-20(2)30-27-26(18-29-33(27)21(25)3)28(34)32-15-13-31(14-16-32)23-9-11-24(35-4)12-10-23/h5-12,18H,13-17H2,1-4H3. The van der Waals surface area contributed by atoms with Crippen LogP contribution in [0.25, 0.3) is 5.65 Å². The molecule has 0 radical (unpaired) electrons. The van der Waals surface area contributed by atoms with Crippen LogP contribution in [0.4, 0.5) is 5.69 Å². The minimum Gasteiger partial charge on any atom is -0.497 e. The summed E-state index contributed by atoms with van der Waals surface area (Å²) in [5.74, 6) is 0.836. The molecule has 4 aromatic rings. The second-order valence-corrected chi connectivity index (χ2v) is 9.14. The van der Waals surface area contributed by atoms with Crippen LogP contribution < -0.4 is 9.64 Å². The summed E-state index contributed by atoms with van der Waals surface area (Å²) in [6.07, 6.45) is 2.47. The molecule has 1 aliphatic heterocycles. The van der Waals surface area contributed by atoms with Crippen LogP contribution in [0.2, 0.25) is 0 Å². The van der Waals surface area contributed by atoms with Crippen molar-refractivity contribution in [2.24, 2.45) is 0 Å². The summed E-state index contributed by atoms with van der Waals surface area (Å²) in [5, 5.41) is 4.56. The topological polar surface area (TPSA) is 63.0 Å². The number of hydrogen-bond acceptors (Lipinski definition) is 5. The Morgan fingerprint density at radius 3 is 2.37 bits per heavy atom. The van der Waals surface area contributed by atoms with E-state index in [-0.39, 0.29) is 5.91 Å². The van der Waals surface area contributed by atoms with Gasteiger partial charge in [-0.1, -0.05) is 24.3 Å². The van der Waals surface area contributed by atoms with Crippen molar-refractivity contribution in [2.45, 2.75) is 27.2 Å². The molecule has 0 spiro atoms. The van der Waals surface area contributed by atoms with E-state index < -0.39 is 0 Å². The van der Waals surface area contributed by atoms with Crippen molar-refractivity contribution in [2.75, 3.05) is 38.2 Å². The first kappa shape index (κ1) is 22.9. The predicted molar refractivity (Wildman–Crippen MR) is 138 cm³/mol. The number of methoxy groups -OCH3 is 1. The molecule has 0 saturated carbocycles. The normalized spacial score (nSPS) is 13.9. The maximum absolute atomic E-state index is 13.4. The highest BCUT2D eigenvalue weighted by atomic mass is 16.5. The average molecular weight is 470 g/mol. The average Bonchev–Trinajstić information content (AvgIpc) is 3.31. The van der Waals surface area contributed by atoms with Gasteiger partial charge in [-0.2, -0.15) is 5.10 Å². The summed E-state index contributed by atoms with van der Waals surface area (Å²) < 4.78 is 7.08. The summed E-state index contributed by atoms with van der Waals surface area (Å²) in [6, 6.07) is 16.5. The van der Waals surface area contributed by atoms with Crippen LogP contribution in [0.3, 0.4) is 0 Å². The van der Waals surface area contributed by atoms with Crippen LogP contribution in [0.1, 0.15) is 38.4 Å². The SMILES string of the molecule is COc1ccc(N2CCN(C(=O)c3cnn4c(C)c(Cc5ccccc5C)c(C)nc34)CC2)cc1. The largest absolute Gasteiger partial charge is 0.497 e. The Balaban J connectivity index is 1.34. The van der Waals surface area contributed by atoms with Gasteiger partial charge in [0, 0.05) is 49.7 Å². The van der Waals surface area contributed by atoms with Crippen molar-refractivity contribution in [3.63, 3.8) is 0 Å². The van der Waals surface area contributed by atoms with Crippen molar-refractivity contribution in [3.8, 4) is 5.75 Å². The predicted octanol–water partition coefficient (Wildman–Crippen LogP) is 4.22. The van der Waals surface area contributed by atoms with Crippen LogP contribution >= 0.6 is 0 Å². The molecule has 0 N–H and O–H groups in total. The minimum atomic E-state index is -0.00710. The molecular weight excluding hydrogens is 438 g/mol. The van der Waals surface area contributed by atoms with Gasteiger partial charge in [0.15, 0.2) is 5.65 Å². The number of fused-ring (bicyclic) bond motifs is 1. The summed E-state index contributed by atoms with van der Waals surface area (Å²) in [5.41, 5.74) is 8.00. The first-order valence-corrected chi connectivity index (χ1v) is 12.0. The van der Waals surface area contributed by atoms with Gasteiger partial charge >= 0.3 is 0 Å². The lowest BCUT2D eigenvalue weighted by Crippen LogP contribution is -2.48. The third kappa shape index (κ3) is 4.34. The number of rotatable bonds is 5. The Kier molecular flexibility index (Phi) is 6.16. The highest BCUT2D eigenvalue weighted by molar-refractivity contribution is 5.99. The third-order valence-electron chi connectivity index (χ3n) is 7.07. The molecule has 1 fully saturated rings. The van der Waals surface area contributed by atoms with E-state index in [1.54, 1.807) is 13.3 Å². The van der Waals surface area contributed by atoms with Crippen molar-refractivity contribution in [3.05, 3.63) is 88.4 Å². The van der Waals surface area contributed by atoms with Gasteiger partial charge in [0.1, 0.15) is 11.3 Å². The maximum Gasteiger partial charge on any atom is 0.259 e. The zero-order valence-electron chi connectivity index (χ0n) is 20.8. The fraction of sp³-hybridized carbons (Fsp3) is 0.321. The Morgan fingerprint density at radius 1 is 0.971 bits per heavy atom. The molecule has 0 aliphatic carbocycles. The highest BCUT2D eigenvalue weighted by Crippen LogP contribution is 2.24. The highest BCUT2D eigenvalue weighted by Gasteiger charge is 2.26. The van der Waals surface area contributed by atoms with Gasteiger partial charge in [-0.25, -0.2) is 9.50 Å². The first-order valence-electron chi connectivity index (χ1n) is 12.0. The van der Waals surface area contributed by atoms with Crippen molar-refractivity contribution in [1.82, 2.24) is 19.5 Å². The lowest BCUT2D eigenvalue weighted by atomic mass is 9.99. The van der Waals surface area contributed by atoms with Crippen LogP contribution in [0, 0.1) is 20.8 Å². The smallest absolute Gasteiger partial charge is 0.259 e. The van der Waals surface area contributed by atoms with Gasteiger partial charge in [0.25, 0.3) is 5.91 Å². The van der Waals surface area contributed by atoms with Crippen LogP contribution in [-0.4, -0.2) is 58.7 Å². The molecule has 7 heteroatoms. The van der Waals surface area contributed by atoms with E-state index in [2.05, 4.69) is 60.2 Å². The molecule has 5 rings (SSSR count). The molecule has 0 bridgehead atoms. The number of benzene rings is 2. The van der Waals surface area contributed by atoms with E-state index in [0.717, 1.165) is 47.9 Å². The number of aromatic nitrogens is 3. The number of amides is 1. The number of hydrogen-bond donors (Lipinski definition) is 0. The Hall–Kier alpha value is -3.87. The van der Waals surface area contributed by atoms with Crippen LogP contribution in [0.15, 0.2) is 54.7 Å². The Labute approximate surface area is 206 Å². The summed E-state index contributed by atoms with van der Waals surface area (Å²) in [6.45, 7) is 9.09. The molecule has 2 aromatic heterocycles. The van der Waals surface area contributed by atoms with Gasteiger partial charge in [0.2, 0.25) is 0 Å². The van der Waals surface area contributed by atoms with E-state index in [4.69, 9.17) is 9.72 Å². The van der Waals surface area contributed by atoms with Crippen LogP contribution in [0.5, 0.6) is 5.75 Å². The fourth-order valence-corrected chi connectivity index (χ4v) is 4.85. The molecule has 1 amide bonds. The molecule has 3 heterocycles. The number of anilines is 1. The summed E-state index contributed by atoms with van der Waals surface area (Å²) in [4.78, 5) is 22.5.